The van der Waals surface area contributed by atoms with Crippen LogP contribution in [0.1, 0.15) is 12.8 Å². The minimum Gasteiger partial charge on any atom is -0.480 e. The van der Waals surface area contributed by atoms with E-state index in [1.807, 2.05) is 0 Å². The Kier molecular flexibility index (Phi) is 4.15. The topological polar surface area (TPSA) is 53.0 Å². The summed E-state index contributed by atoms with van der Waals surface area (Å²) in [5.74, 6) is -0.714. The van der Waals surface area contributed by atoms with Crippen molar-refractivity contribution < 1.29 is 14.6 Å². The zero-order valence-corrected chi connectivity index (χ0v) is 9.60. The van der Waals surface area contributed by atoms with E-state index in [-0.39, 0.29) is 6.54 Å². The molecular weight excluding hydrogens is 208 g/mol. The third kappa shape index (κ3) is 3.17. The van der Waals surface area contributed by atoms with Crippen molar-refractivity contribution in [2.45, 2.75) is 18.9 Å². The summed E-state index contributed by atoms with van der Waals surface area (Å²) < 4.78 is 5.31. The summed E-state index contributed by atoms with van der Waals surface area (Å²) in [5.41, 5.74) is 0. The van der Waals surface area contributed by atoms with Gasteiger partial charge in [-0.3, -0.25) is 14.6 Å². The second kappa shape index (κ2) is 5.61. The quantitative estimate of drug-likeness (QED) is 0.726. The van der Waals surface area contributed by atoms with Gasteiger partial charge < -0.3 is 9.84 Å². The molecule has 0 aliphatic carbocycles. The van der Waals surface area contributed by atoms with Crippen molar-refractivity contribution >= 4 is 5.97 Å². The standard InChI is InChI=1S/C11H20N2O3/c14-11(15)9-13-3-1-2-10(13)8-12-4-6-16-7-5-12/h10H,1-9H2,(H,14,15)/t10-/m1/s1. The van der Waals surface area contributed by atoms with Gasteiger partial charge in [-0.05, 0) is 19.4 Å². The monoisotopic (exact) mass is 228 g/mol. The van der Waals surface area contributed by atoms with Gasteiger partial charge in [-0.2, -0.15) is 0 Å². The molecule has 0 radical (unpaired) electrons. The molecule has 2 heterocycles. The molecule has 2 aliphatic rings. The van der Waals surface area contributed by atoms with Gasteiger partial charge in [-0.25, -0.2) is 0 Å². The van der Waals surface area contributed by atoms with Crippen LogP contribution in [0.3, 0.4) is 0 Å². The van der Waals surface area contributed by atoms with E-state index in [0.29, 0.717) is 6.04 Å². The molecule has 1 atom stereocenters. The lowest BCUT2D eigenvalue weighted by Crippen LogP contribution is -2.46. The molecule has 0 unspecified atom stereocenters. The maximum Gasteiger partial charge on any atom is 0.317 e. The lowest BCUT2D eigenvalue weighted by atomic mass is 10.2. The number of hydrogen-bond donors (Lipinski definition) is 1. The number of hydrogen-bond acceptors (Lipinski definition) is 4. The van der Waals surface area contributed by atoms with E-state index in [0.717, 1.165) is 52.2 Å². The normalized spacial score (nSPS) is 28.4. The van der Waals surface area contributed by atoms with Crippen molar-refractivity contribution in [3.05, 3.63) is 0 Å². The summed E-state index contributed by atoms with van der Waals surface area (Å²) in [6, 6.07) is 0.425. The van der Waals surface area contributed by atoms with Gasteiger partial charge in [0.1, 0.15) is 0 Å². The van der Waals surface area contributed by atoms with E-state index in [9.17, 15) is 4.79 Å². The highest BCUT2D eigenvalue weighted by Crippen LogP contribution is 2.18. The van der Waals surface area contributed by atoms with E-state index in [4.69, 9.17) is 9.84 Å². The van der Waals surface area contributed by atoms with Gasteiger partial charge in [-0.1, -0.05) is 0 Å². The fourth-order valence-corrected chi connectivity index (χ4v) is 2.57. The van der Waals surface area contributed by atoms with Crippen molar-refractivity contribution in [1.29, 1.82) is 0 Å². The first kappa shape index (κ1) is 11.8. The lowest BCUT2D eigenvalue weighted by Gasteiger charge is -2.32. The molecule has 0 spiro atoms. The number of likely N-dealkylation sites (tertiary alicyclic amines) is 1. The van der Waals surface area contributed by atoms with Crippen LogP contribution < -0.4 is 0 Å². The predicted octanol–water partition coefficient (Wildman–Crippen LogP) is -0.132. The van der Waals surface area contributed by atoms with Crippen molar-refractivity contribution in [3.63, 3.8) is 0 Å². The van der Waals surface area contributed by atoms with E-state index in [2.05, 4.69) is 9.80 Å². The Morgan fingerprint density at radius 2 is 2.06 bits per heavy atom. The van der Waals surface area contributed by atoms with E-state index < -0.39 is 5.97 Å². The van der Waals surface area contributed by atoms with Crippen LogP contribution in [0.5, 0.6) is 0 Å². The summed E-state index contributed by atoms with van der Waals surface area (Å²) in [7, 11) is 0. The first-order chi connectivity index (χ1) is 7.75. The van der Waals surface area contributed by atoms with Gasteiger partial charge in [0.2, 0.25) is 0 Å². The second-order valence-electron chi connectivity index (χ2n) is 4.57. The third-order valence-electron chi connectivity index (χ3n) is 3.41. The molecule has 2 saturated heterocycles. The first-order valence-corrected chi connectivity index (χ1v) is 6.01. The number of carbonyl (C=O) groups is 1. The summed E-state index contributed by atoms with van der Waals surface area (Å²) in [6.07, 6.45) is 2.26. The first-order valence-electron chi connectivity index (χ1n) is 6.01. The number of carboxylic acids is 1. The van der Waals surface area contributed by atoms with Gasteiger partial charge in [0, 0.05) is 25.7 Å². The highest BCUT2D eigenvalue weighted by atomic mass is 16.5. The zero-order valence-electron chi connectivity index (χ0n) is 9.60. The predicted molar refractivity (Wildman–Crippen MR) is 59.5 cm³/mol. The number of morpholine rings is 1. The van der Waals surface area contributed by atoms with Crippen LogP contribution in [0.25, 0.3) is 0 Å². The highest BCUT2D eigenvalue weighted by molar-refractivity contribution is 5.69. The number of rotatable bonds is 4. The Balaban J connectivity index is 1.80. The van der Waals surface area contributed by atoms with E-state index >= 15 is 0 Å². The molecule has 0 aromatic carbocycles. The molecule has 0 aromatic heterocycles. The molecular formula is C11H20N2O3. The van der Waals surface area contributed by atoms with Gasteiger partial charge in [-0.15, -0.1) is 0 Å². The molecule has 92 valence electrons. The van der Waals surface area contributed by atoms with Crippen LogP contribution in [0.15, 0.2) is 0 Å². The lowest BCUT2D eigenvalue weighted by molar-refractivity contribution is -0.138. The Morgan fingerprint density at radius 3 is 2.75 bits per heavy atom. The number of aliphatic carboxylic acids is 1. The minimum absolute atomic E-state index is 0.189. The Labute approximate surface area is 96.0 Å². The SMILES string of the molecule is O=C(O)CN1CCC[C@@H]1CN1CCOCC1. The molecule has 5 heteroatoms. The maximum atomic E-state index is 10.7. The van der Waals surface area contributed by atoms with Crippen LogP contribution in [0, 0.1) is 0 Å². The van der Waals surface area contributed by atoms with Crippen molar-refractivity contribution in [3.8, 4) is 0 Å². The van der Waals surface area contributed by atoms with Gasteiger partial charge >= 0.3 is 5.97 Å². The largest absolute Gasteiger partial charge is 0.480 e. The second-order valence-corrected chi connectivity index (χ2v) is 4.57. The molecule has 0 amide bonds. The molecule has 5 nitrogen and oxygen atoms in total. The molecule has 0 aromatic rings. The van der Waals surface area contributed by atoms with Crippen molar-refractivity contribution in [1.82, 2.24) is 9.80 Å². The molecule has 2 rings (SSSR count). The number of carboxylic acid groups (broad SMARTS) is 1. The third-order valence-corrected chi connectivity index (χ3v) is 3.41. The van der Waals surface area contributed by atoms with Crippen LogP contribution in [-0.2, 0) is 9.53 Å². The molecule has 2 fully saturated rings. The maximum absolute atomic E-state index is 10.7. The molecule has 0 bridgehead atoms. The van der Waals surface area contributed by atoms with Gasteiger partial charge in [0.05, 0.1) is 19.8 Å². The van der Waals surface area contributed by atoms with E-state index in [1.54, 1.807) is 0 Å². The summed E-state index contributed by atoms with van der Waals surface area (Å²) >= 11 is 0. The average molecular weight is 228 g/mol. The van der Waals surface area contributed by atoms with Crippen LogP contribution in [0.4, 0.5) is 0 Å². The van der Waals surface area contributed by atoms with Crippen LogP contribution in [0.2, 0.25) is 0 Å². The highest BCUT2D eigenvalue weighted by Gasteiger charge is 2.28. The van der Waals surface area contributed by atoms with Crippen LogP contribution >= 0.6 is 0 Å². The van der Waals surface area contributed by atoms with Crippen molar-refractivity contribution in [2.24, 2.45) is 0 Å². The molecule has 16 heavy (non-hydrogen) atoms. The fourth-order valence-electron chi connectivity index (χ4n) is 2.57. The van der Waals surface area contributed by atoms with Gasteiger partial charge in [0.15, 0.2) is 0 Å². The van der Waals surface area contributed by atoms with Crippen LogP contribution in [-0.4, -0.2) is 72.9 Å². The Hall–Kier alpha value is -0.650. The molecule has 2 aliphatic heterocycles. The average Bonchev–Trinajstić information content (AvgIpc) is 2.66. The molecule has 1 N–H and O–H groups in total. The minimum atomic E-state index is -0.714. The van der Waals surface area contributed by atoms with Crippen molar-refractivity contribution in [2.75, 3.05) is 45.9 Å². The fraction of sp³-hybridized carbons (Fsp3) is 0.909. The van der Waals surface area contributed by atoms with E-state index in [1.165, 1.54) is 0 Å². The van der Waals surface area contributed by atoms with Gasteiger partial charge in [0.25, 0.3) is 0 Å². The summed E-state index contributed by atoms with van der Waals surface area (Å²) in [5, 5.41) is 8.82. The zero-order chi connectivity index (χ0) is 11.4. The summed E-state index contributed by atoms with van der Waals surface area (Å²) in [4.78, 5) is 15.2. The smallest absolute Gasteiger partial charge is 0.317 e. The number of ether oxygens (including phenoxy) is 1. The summed E-state index contributed by atoms with van der Waals surface area (Å²) in [6.45, 7) is 5.71. The Bertz CT molecular complexity index is 241. The number of nitrogens with zero attached hydrogens (tertiary/aromatic N) is 2. The Morgan fingerprint density at radius 1 is 1.31 bits per heavy atom. The molecule has 0 saturated carbocycles.